The third-order valence-corrected chi connectivity index (χ3v) is 7.74. The molecule has 1 fully saturated rings. The standard InChI is InChI=1S/C16H18N10O5S3.Na/c1-18-26-16(21-23-24-26)34-4-6-3-32-13-9(12(28)25(13)10(6)14(29)30)20-11(27)8(22-31-2)7-5-33-15(17)19-7;/h5,9,13,18H,3-4H2,1-2H3,(H2,17,19)(H,20,27)(H,29,30);/q;+1/p-1/b22-8-;/t9-,13+;/m1./s1. The van der Waals surface area contributed by atoms with Crippen LogP contribution in [0.25, 0.3) is 0 Å². The maximum absolute atomic E-state index is 12.9. The number of thiazole rings is 1. The molecule has 2 aromatic rings. The van der Waals surface area contributed by atoms with Crippen molar-refractivity contribution in [2.24, 2.45) is 5.16 Å². The molecule has 0 aromatic carbocycles. The number of carboxylic acids is 1. The van der Waals surface area contributed by atoms with Gasteiger partial charge in [0.2, 0.25) is 5.16 Å². The zero-order chi connectivity index (χ0) is 24.4. The van der Waals surface area contributed by atoms with Gasteiger partial charge in [-0.25, -0.2) is 4.98 Å². The molecule has 4 heterocycles. The molecule has 0 spiro atoms. The Kier molecular flexibility index (Phi) is 9.00. The van der Waals surface area contributed by atoms with E-state index < -0.39 is 29.2 Å². The molecule has 2 atom stereocenters. The van der Waals surface area contributed by atoms with E-state index in [-0.39, 0.29) is 57.5 Å². The quantitative estimate of drug-likeness (QED) is 0.0880. The smallest absolute Gasteiger partial charge is 0.543 e. The molecule has 35 heavy (non-hydrogen) atoms. The van der Waals surface area contributed by atoms with Gasteiger partial charge in [0.1, 0.15) is 24.2 Å². The molecule has 2 aromatic heterocycles. The van der Waals surface area contributed by atoms with E-state index in [9.17, 15) is 19.5 Å². The van der Waals surface area contributed by atoms with Gasteiger partial charge < -0.3 is 31.2 Å². The number of nitrogens with two attached hydrogens (primary N) is 1. The van der Waals surface area contributed by atoms with Crippen LogP contribution in [-0.2, 0) is 19.2 Å². The van der Waals surface area contributed by atoms with Crippen LogP contribution in [0, 0.1) is 0 Å². The van der Waals surface area contributed by atoms with E-state index >= 15 is 0 Å². The van der Waals surface area contributed by atoms with E-state index in [1.165, 1.54) is 40.8 Å². The Morgan fingerprint density at radius 1 is 1.46 bits per heavy atom. The van der Waals surface area contributed by atoms with Crippen molar-refractivity contribution >= 4 is 63.5 Å². The summed E-state index contributed by atoms with van der Waals surface area (Å²) in [7, 11) is 2.90. The van der Waals surface area contributed by atoms with Gasteiger partial charge in [0.15, 0.2) is 10.8 Å². The van der Waals surface area contributed by atoms with Crippen LogP contribution in [0.15, 0.2) is 27.0 Å². The number of fused-ring (bicyclic) bond motifs is 1. The van der Waals surface area contributed by atoms with Crippen LogP contribution in [-0.4, -0.2) is 90.8 Å². The number of carboxylic acid groups (broad SMARTS) is 1. The number of carbonyl (C=O) groups is 3. The maximum Gasteiger partial charge on any atom is 1.00 e. The number of hydrogen-bond donors (Lipinski definition) is 3. The van der Waals surface area contributed by atoms with E-state index in [0.29, 0.717) is 16.5 Å². The normalized spacial score (nSPS) is 19.4. The largest absolute Gasteiger partial charge is 1.00 e. The summed E-state index contributed by atoms with van der Waals surface area (Å²) >= 11 is 3.64. The van der Waals surface area contributed by atoms with Gasteiger partial charge in [-0.3, -0.25) is 14.5 Å². The van der Waals surface area contributed by atoms with Crippen molar-refractivity contribution in [3.63, 3.8) is 0 Å². The second kappa shape index (κ2) is 11.6. The summed E-state index contributed by atoms with van der Waals surface area (Å²) < 4.78 is 0. The van der Waals surface area contributed by atoms with Crippen LogP contribution in [0.2, 0.25) is 0 Å². The van der Waals surface area contributed by atoms with Crippen LogP contribution in [0.1, 0.15) is 5.69 Å². The van der Waals surface area contributed by atoms with Gasteiger partial charge in [-0.1, -0.05) is 22.0 Å². The molecule has 15 nitrogen and oxygen atoms in total. The van der Waals surface area contributed by atoms with Gasteiger partial charge in [-0.05, 0) is 16.0 Å². The number of oxime groups is 1. The molecule has 0 radical (unpaired) electrons. The summed E-state index contributed by atoms with van der Waals surface area (Å²) in [5.41, 5.74) is 8.69. The Labute approximate surface area is 232 Å². The molecule has 4 rings (SSSR count). The molecule has 19 heteroatoms. The summed E-state index contributed by atoms with van der Waals surface area (Å²) in [5.74, 6) is -2.24. The first kappa shape index (κ1) is 27.2. The van der Waals surface area contributed by atoms with Gasteiger partial charge >= 0.3 is 29.6 Å². The van der Waals surface area contributed by atoms with Crippen molar-refractivity contribution < 1.29 is 53.9 Å². The molecule has 2 aliphatic rings. The number of carbonyl (C=O) groups excluding carboxylic acids is 3. The van der Waals surface area contributed by atoms with E-state index in [2.05, 4.69) is 36.4 Å². The van der Waals surface area contributed by atoms with E-state index in [4.69, 9.17) is 10.6 Å². The molecule has 1 saturated heterocycles. The van der Waals surface area contributed by atoms with Gasteiger partial charge in [0, 0.05) is 23.9 Å². The van der Waals surface area contributed by atoms with E-state index in [0.717, 1.165) is 16.2 Å². The molecule has 4 N–H and O–H groups in total. The minimum Gasteiger partial charge on any atom is -0.543 e. The molecule has 0 saturated carbocycles. The Bertz CT molecular complexity index is 1200. The summed E-state index contributed by atoms with van der Waals surface area (Å²) in [6.07, 6.45) is 0. The molecular formula is C16H17N10NaO5S3. The average molecular weight is 549 g/mol. The first-order valence-electron chi connectivity index (χ1n) is 9.46. The minimum absolute atomic E-state index is 0. The van der Waals surface area contributed by atoms with Gasteiger partial charge in [0.25, 0.3) is 11.8 Å². The monoisotopic (exact) mass is 548 g/mol. The first-order chi connectivity index (χ1) is 16.3. The van der Waals surface area contributed by atoms with E-state index in [1.54, 1.807) is 7.05 Å². The number of thioether (sulfide) groups is 2. The van der Waals surface area contributed by atoms with Gasteiger partial charge in [-0.2, -0.15) is 0 Å². The fourth-order valence-corrected chi connectivity index (χ4v) is 6.15. The zero-order valence-corrected chi connectivity index (χ0v) is 23.1. The van der Waals surface area contributed by atoms with Crippen LogP contribution >= 0.6 is 34.9 Å². The second-order valence-corrected chi connectivity index (χ2v) is 9.62. The number of amides is 2. The zero-order valence-electron chi connectivity index (χ0n) is 18.6. The topological polar surface area (TPSA) is 206 Å². The van der Waals surface area contributed by atoms with Crippen LogP contribution < -0.4 is 51.1 Å². The number of aromatic nitrogens is 5. The predicted molar refractivity (Wildman–Crippen MR) is 121 cm³/mol. The Balaban J connectivity index is 0.00000342. The number of β-lactam (4-membered cyclic amide) rings is 1. The molecule has 2 amide bonds. The number of rotatable bonds is 9. The Hall–Kier alpha value is -2.38. The molecule has 2 aliphatic heterocycles. The second-order valence-electron chi connectivity index (χ2n) is 6.68. The molecule has 0 aliphatic carbocycles. The van der Waals surface area contributed by atoms with Crippen LogP contribution in [0.3, 0.4) is 0 Å². The van der Waals surface area contributed by atoms with Crippen LogP contribution in [0.4, 0.5) is 5.13 Å². The molecule has 0 unspecified atom stereocenters. The minimum atomic E-state index is -1.48. The van der Waals surface area contributed by atoms with Crippen molar-refractivity contribution in [2.75, 3.05) is 36.8 Å². The van der Waals surface area contributed by atoms with Crippen molar-refractivity contribution in [3.8, 4) is 0 Å². The summed E-state index contributed by atoms with van der Waals surface area (Å²) in [6.45, 7) is 0. The van der Waals surface area contributed by atoms with Crippen molar-refractivity contribution in [3.05, 3.63) is 22.3 Å². The summed E-state index contributed by atoms with van der Waals surface area (Å²) in [6, 6.07) is -0.962. The number of tetrazole rings is 1. The predicted octanol–water partition coefficient (Wildman–Crippen LogP) is -5.56. The number of anilines is 1. The molecular weight excluding hydrogens is 531 g/mol. The van der Waals surface area contributed by atoms with Crippen molar-refractivity contribution in [2.45, 2.75) is 16.6 Å². The summed E-state index contributed by atoms with van der Waals surface area (Å²) in [5, 5.41) is 30.9. The Morgan fingerprint density at radius 2 is 2.23 bits per heavy atom. The van der Waals surface area contributed by atoms with Gasteiger partial charge in [-0.15, -0.1) is 27.9 Å². The number of nitrogens with one attached hydrogen (secondary N) is 2. The fraction of sp³-hybridized carbons (Fsp3) is 0.375. The molecule has 0 bridgehead atoms. The third-order valence-electron chi connectivity index (χ3n) is 4.72. The SMILES string of the molecule is CNn1nnnc1SCC1=C(C(=O)[O-])N2C(=O)[C@@H](NC(=O)/C(=N\OC)c3csc(N)n3)[C@@H]2SC1.[Na+]. The first-order valence-corrected chi connectivity index (χ1v) is 12.4. The number of nitrogens with zero attached hydrogens (tertiary/aromatic N) is 7. The number of nitrogen functional groups attached to an aromatic ring is 1. The van der Waals surface area contributed by atoms with Crippen LogP contribution in [0.5, 0.6) is 0 Å². The number of hydrogen-bond acceptors (Lipinski definition) is 15. The van der Waals surface area contributed by atoms with Crippen molar-refractivity contribution in [1.29, 1.82) is 0 Å². The maximum atomic E-state index is 12.9. The average Bonchev–Trinajstić information content (AvgIpc) is 3.46. The Morgan fingerprint density at radius 3 is 2.86 bits per heavy atom. The van der Waals surface area contributed by atoms with Gasteiger partial charge in [0.05, 0.1) is 11.7 Å². The third kappa shape index (κ3) is 5.41. The summed E-state index contributed by atoms with van der Waals surface area (Å²) in [4.78, 5) is 48.8. The number of aliphatic carboxylic acids is 1. The van der Waals surface area contributed by atoms with Crippen molar-refractivity contribution in [1.82, 2.24) is 35.5 Å². The van der Waals surface area contributed by atoms with E-state index in [1.807, 2.05) is 0 Å². The molecule has 180 valence electrons. The fourth-order valence-electron chi connectivity index (χ4n) is 3.25.